The van der Waals surface area contributed by atoms with Gasteiger partial charge in [-0.1, -0.05) is 13.8 Å². The smallest absolute Gasteiger partial charge is 0.336 e. The first-order valence-corrected chi connectivity index (χ1v) is 10.2. The topological polar surface area (TPSA) is 122 Å². The summed E-state index contributed by atoms with van der Waals surface area (Å²) < 4.78 is 0. The van der Waals surface area contributed by atoms with Crippen LogP contribution < -0.4 is 10.9 Å². The van der Waals surface area contributed by atoms with Gasteiger partial charge in [-0.25, -0.2) is 10.2 Å². The fraction of sp³-hybridized carbons (Fsp3) is 0.842. The number of hydrogen-bond acceptors (Lipinski definition) is 6. The van der Waals surface area contributed by atoms with Gasteiger partial charge >= 0.3 is 6.03 Å². The summed E-state index contributed by atoms with van der Waals surface area (Å²) in [6.07, 6.45) is 0.549. The summed E-state index contributed by atoms with van der Waals surface area (Å²) in [5.74, 6) is -0.603. The van der Waals surface area contributed by atoms with Crippen molar-refractivity contribution < 1.29 is 24.6 Å². The number of aliphatic hydroxyl groups is 2. The molecule has 160 valence electrons. The predicted octanol–water partition coefficient (Wildman–Crippen LogP) is 0.0113. The normalized spacial score (nSPS) is 28.2. The molecule has 4 atom stereocenters. The van der Waals surface area contributed by atoms with Crippen LogP contribution in [0.2, 0.25) is 0 Å². The van der Waals surface area contributed by atoms with Crippen LogP contribution in [0.25, 0.3) is 0 Å². The molecule has 4 unspecified atom stereocenters. The highest BCUT2D eigenvalue weighted by molar-refractivity contribution is 5.91. The highest BCUT2D eigenvalue weighted by Crippen LogP contribution is 2.24. The molecule has 9 nitrogen and oxygen atoms in total. The van der Waals surface area contributed by atoms with E-state index in [0.29, 0.717) is 25.8 Å². The fourth-order valence-corrected chi connectivity index (χ4v) is 4.21. The first-order valence-electron chi connectivity index (χ1n) is 10.2. The van der Waals surface area contributed by atoms with Crippen molar-refractivity contribution in [3.05, 3.63) is 0 Å². The number of nitrogens with one attached hydrogen (secondary N) is 2. The van der Waals surface area contributed by atoms with Crippen LogP contribution in [0, 0.1) is 5.92 Å². The van der Waals surface area contributed by atoms with Gasteiger partial charge in [-0.3, -0.25) is 19.9 Å². The van der Waals surface area contributed by atoms with Crippen LogP contribution in [0.15, 0.2) is 0 Å². The number of Topliss-reactive ketones (excluding diaryl/α,β-unsaturated/α-hetero) is 1. The Bertz CT molecular complexity index is 581. The van der Waals surface area contributed by atoms with Gasteiger partial charge in [0, 0.05) is 31.5 Å². The number of β-amino-alcohol motifs (C(OH)–C–C–N with tert-alkyl or cyclic N) is 2. The third kappa shape index (κ3) is 5.01. The second kappa shape index (κ2) is 9.67. The second-order valence-electron chi connectivity index (χ2n) is 8.09. The molecule has 0 radical (unpaired) electrons. The van der Waals surface area contributed by atoms with Crippen molar-refractivity contribution in [2.45, 2.75) is 83.7 Å². The van der Waals surface area contributed by atoms with Gasteiger partial charge in [-0.2, -0.15) is 0 Å². The molecule has 2 heterocycles. The number of rotatable bonds is 6. The lowest BCUT2D eigenvalue weighted by Crippen LogP contribution is -2.56. The molecule has 0 aromatic heterocycles. The van der Waals surface area contributed by atoms with Crippen LogP contribution in [0.3, 0.4) is 0 Å². The molecule has 2 saturated heterocycles. The highest BCUT2D eigenvalue weighted by Gasteiger charge is 2.41. The van der Waals surface area contributed by atoms with E-state index in [1.807, 2.05) is 32.6 Å². The van der Waals surface area contributed by atoms with Crippen molar-refractivity contribution in [3.63, 3.8) is 0 Å². The molecule has 4 N–H and O–H groups in total. The summed E-state index contributed by atoms with van der Waals surface area (Å²) in [6.45, 7) is 8.21. The largest absolute Gasteiger partial charge is 0.392 e. The molecule has 0 bridgehead atoms. The van der Waals surface area contributed by atoms with Gasteiger partial charge < -0.3 is 15.1 Å². The third-order valence-electron chi connectivity index (χ3n) is 5.83. The van der Waals surface area contributed by atoms with E-state index in [9.17, 15) is 24.6 Å². The molecule has 2 aliphatic rings. The van der Waals surface area contributed by atoms with Gasteiger partial charge in [0.25, 0.3) is 5.91 Å². The van der Waals surface area contributed by atoms with E-state index in [2.05, 4.69) is 10.9 Å². The molecule has 0 aromatic carbocycles. The Hall–Kier alpha value is -1.71. The Morgan fingerprint density at radius 1 is 0.964 bits per heavy atom. The molecule has 2 aliphatic heterocycles. The lowest BCUT2D eigenvalue weighted by atomic mass is 9.92. The monoisotopic (exact) mass is 398 g/mol. The molecule has 9 heteroatoms. The highest BCUT2D eigenvalue weighted by atomic mass is 16.3. The summed E-state index contributed by atoms with van der Waals surface area (Å²) in [6, 6.07) is -1.73. The number of likely N-dealkylation sites (tertiary alicyclic amines) is 2. The zero-order chi connectivity index (χ0) is 21.0. The maximum atomic E-state index is 12.7. The molecule has 0 saturated carbocycles. The minimum Gasteiger partial charge on any atom is -0.392 e. The van der Waals surface area contributed by atoms with Gasteiger partial charge in [-0.05, 0) is 33.1 Å². The third-order valence-corrected chi connectivity index (χ3v) is 5.83. The van der Waals surface area contributed by atoms with Crippen LogP contribution in [0.5, 0.6) is 0 Å². The van der Waals surface area contributed by atoms with Crippen molar-refractivity contribution in [1.82, 2.24) is 20.7 Å². The zero-order valence-electron chi connectivity index (χ0n) is 17.2. The molecule has 2 rings (SSSR count). The molecular weight excluding hydrogens is 364 g/mol. The number of carbonyl (C=O) groups is 3. The van der Waals surface area contributed by atoms with E-state index in [1.54, 1.807) is 0 Å². The summed E-state index contributed by atoms with van der Waals surface area (Å²) >= 11 is 0. The standard InChI is InChI=1S/C19H34N4O5/c1-5-12(6-2)17(26)15-7-13(24)10-23(15)19(28)21-20-18(27)16-8-14(25)9-22(16)11(3)4/h11-16,24-25H,5-10H2,1-4H3,(H,20,27)(H,21,28). The number of hydrazine groups is 1. The number of urea groups is 1. The first-order chi connectivity index (χ1) is 13.2. The molecular formula is C19H34N4O5. The van der Waals surface area contributed by atoms with E-state index < -0.39 is 36.2 Å². The number of hydrogen-bond donors (Lipinski definition) is 4. The Kier molecular flexibility index (Phi) is 7.79. The maximum Gasteiger partial charge on any atom is 0.336 e. The van der Waals surface area contributed by atoms with Gasteiger partial charge in [0.05, 0.1) is 24.3 Å². The molecule has 0 spiro atoms. The van der Waals surface area contributed by atoms with Crippen LogP contribution in [-0.2, 0) is 9.59 Å². The molecule has 0 aromatic rings. The average Bonchev–Trinajstić information content (AvgIpc) is 3.23. The van der Waals surface area contributed by atoms with Gasteiger partial charge in [0.2, 0.25) is 0 Å². The number of ketones is 1. The van der Waals surface area contributed by atoms with E-state index in [1.165, 1.54) is 4.90 Å². The van der Waals surface area contributed by atoms with E-state index >= 15 is 0 Å². The van der Waals surface area contributed by atoms with Gasteiger partial charge in [-0.15, -0.1) is 0 Å². The first kappa shape index (κ1) is 22.6. The van der Waals surface area contributed by atoms with Gasteiger partial charge in [0.15, 0.2) is 5.78 Å². The lowest BCUT2D eigenvalue weighted by Gasteiger charge is -2.28. The van der Waals surface area contributed by atoms with Crippen LogP contribution in [-0.4, -0.2) is 81.2 Å². The van der Waals surface area contributed by atoms with Crippen molar-refractivity contribution >= 4 is 17.7 Å². The number of carbonyl (C=O) groups excluding carboxylic acids is 3. The Labute approximate surface area is 166 Å². The van der Waals surface area contributed by atoms with Crippen molar-refractivity contribution in [1.29, 1.82) is 0 Å². The summed E-state index contributed by atoms with van der Waals surface area (Å²) in [5, 5.41) is 19.8. The van der Waals surface area contributed by atoms with Crippen molar-refractivity contribution in [2.24, 2.45) is 5.92 Å². The summed E-state index contributed by atoms with van der Waals surface area (Å²) in [5.41, 5.74) is 4.78. The van der Waals surface area contributed by atoms with Gasteiger partial charge in [0.1, 0.15) is 0 Å². The van der Waals surface area contributed by atoms with Crippen LogP contribution in [0.1, 0.15) is 53.4 Å². The molecule has 0 aliphatic carbocycles. The number of nitrogens with zero attached hydrogens (tertiary/aromatic N) is 2. The summed E-state index contributed by atoms with van der Waals surface area (Å²) in [7, 11) is 0. The quantitative estimate of drug-likeness (QED) is 0.468. The van der Waals surface area contributed by atoms with Crippen molar-refractivity contribution in [3.8, 4) is 0 Å². The van der Waals surface area contributed by atoms with E-state index in [-0.39, 0.29) is 30.7 Å². The summed E-state index contributed by atoms with van der Waals surface area (Å²) in [4.78, 5) is 41.0. The van der Waals surface area contributed by atoms with Crippen LogP contribution >= 0.6 is 0 Å². The molecule has 2 fully saturated rings. The Morgan fingerprint density at radius 2 is 1.54 bits per heavy atom. The fourth-order valence-electron chi connectivity index (χ4n) is 4.21. The predicted molar refractivity (Wildman–Crippen MR) is 103 cm³/mol. The van der Waals surface area contributed by atoms with E-state index in [4.69, 9.17) is 0 Å². The molecule has 28 heavy (non-hydrogen) atoms. The minimum absolute atomic E-state index is 0.0482. The Morgan fingerprint density at radius 3 is 2.11 bits per heavy atom. The number of aliphatic hydroxyl groups excluding tert-OH is 2. The SMILES string of the molecule is CCC(CC)C(=O)C1CC(O)CN1C(=O)NNC(=O)C1CC(O)CN1C(C)C. The number of amides is 3. The van der Waals surface area contributed by atoms with Crippen molar-refractivity contribution in [2.75, 3.05) is 13.1 Å². The Balaban J connectivity index is 1.97. The average molecular weight is 399 g/mol. The lowest BCUT2D eigenvalue weighted by molar-refractivity contribution is -0.126. The molecule has 3 amide bonds. The van der Waals surface area contributed by atoms with E-state index in [0.717, 1.165) is 0 Å². The minimum atomic E-state index is -0.758. The second-order valence-corrected chi connectivity index (χ2v) is 8.09. The van der Waals surface area contributed by atoms with Crippen LogP contribution in [0.4, 0.5) is 4.79 Å². The maximum absolute atomic E-state index is 12.7. The zero-order valence-corrected chi connectivity index (χ0v) is 17.2.